The Bertz CT molecular complexity index is 423. The molecule has 1 aromatic carbocycles. The molecule has 7 heteroatoms. The Morgan fingerprint density at radius 2 is 2.17 bits per heavy atom. The number of hydrogen-bond acceptors (Lipinski definition) is 2. The molecule has 0 saturated heterocycles. The zero-order valence-corrected chi connectivity index (χ0v) is 11.0. The fraction of sp³-hybridized carbons (Fsp3) is 0.364. The molecule has 0 aliphatic heterocycles. The van der Waals surface area contributed by atoms with Crippen molar-refractivity contribution in [2.75, 3.05) is 11.9 Å². The van der Waals surface area contributed by atoms with Gasteiger partial charge in [0.05, 0.1) is 0 Å². The standard InChI is InChI=1S/C11H11BrF3NO2/c1-7(17)16-8-3-2-4-9(5-8)18-6-10(12)11(13,14)15/h2-5,10H,6H2,1H3,(H,16,17). The molecular formula is C11H11BrF3NO2. The summed E-state index contributed by atoms with van der Waals surface area (Å²) in [5.74, 6) is -0.00393. The Morgan fingerprint density at radius 3 is 2.72 bits per heavy atom. The van der Waals surface area contributed by atoms with E-state index in [-0.39, 0.29) is 11.7 Å². The summed E-state index contributed by atoms with van der Waals surface area (Å²) in [5.41, 5.74) is 0.470. The molecule has 1 rings (SSSR count). The molecule has 0 radical (unpaired) electrons. The zero-order chi connectivity index (χ0) is 13.8. The van der Waals surface area contributed by atoms with Crippen molar-refractivity contribution in [1.29, 1.82) is 0 Å². The lowest BCUT2D eigenvalue weighted by atomic mass is 10.3. The van der Waals surface area contributed by atoms with Crippen LogP contribution < -0.4 is 10.1 Å². The minimum absolute atomic E-state index is 0.259. The number of alkyl halides is 4. The monoisotopic (exact) mass is 325 g/mol. The van der Waals surface area contributed by atoms with Crippen molar-refractivity contribution >= 4 is 27.5 Å². The van der Waals surface area contributed by atoms with Gasteiger partial charge < -0.3 is 10.1 Å². The number of rotatable bonds is 4. The van der Waals surface area contributed by atoms with Crippen LogP contribution >= 0.6 is 15.9 Å². The van der Waals surface area contributed by atoms with E-state index in [1.807, 2.05) is 0 Å². The average molecular weight is 326 g/mol. The van der Waals surface area contributed by atoms with E-state index in [1.165, 1.54) is 19.1 Å². The Morgan fingerprint density at radius 1 is 1.50 bits per heavy atom. The smallest absolute Gasteiger partial charge is 0.404 e. The van der Waals surface area contributed by atoms with E-state index >= 15 is 0 Å². The first kappa shape index (κ1) is 14.8. The van der Waals surface area contributed by atoms with E-state index < -0.39 is 17.6 Å². The van der Waals surface area contributed by atoms with Gasteiger partial charge in [-0.15, -0.1) is 0 Å². The summed E-state index contributed by atoms with van der Waals surface area (Å²) in [4.78, 5) is 9.09. The average Bonchev–Trinajstić information content (AvgIpc) is 2.24. The van der Waals surface area contributed by atoms with E-state index in [0.29, 0.717) is 5.69 Å². The van der Waals surface area contributed by atoms with Gasteiger partial charge in [-0.2, -0.15) is 13.2 Å². The van der Waals surface area contributed by atoms with Gasteiger partial charge >= 0.3 is 6.18 Å². The van der Waals surface area contributed by atoms with Gasteiger partial charge in [0, 0.05) is 18.7 Å². The molecule has 100 valence electrons. The molecule has 0 aliphatic rings. The van der Waals surface area contributed by atoms with Crippen molar-refractivity contribution in [3.8, 4) is 5.75 Å². The molecule has 0 bridgehead atoms. The van der Waals surface area contributed by atoms with E-state index in [9.17, 15) is 18.0 Å². The third-order valence-electron chi connectivity index (χ3n) is 1.91. The van der Waals surface area contributed by atoms with Gasteiger partial charge in [0.15, 0.2) is 0 Å². The Balaban J connectivity index is 2.60. The highest BCUT2D eigenvalue weighted by Gasteiger charge is 2.38. The van der Waals surface area contributed by atoms with E-state index in [4.69, 9.17) is 4.74 Å². The van der Waals surface area contributed by atoms with Crippen molar-refractivity contribution in [3.05, 3.63) is 24.3 Å². The van der Waals surface area contributed by atoms with E-state index in [2.05, 4.69) is 21.2 Å². The van der Waals surface area contributed by atoms with Gasteiger partial charge in [-0.05, 0) is 12.1 Å². The number of carbonyl (C=O) groups excluding carboxylic acids is 1. The molecule has 0 aromatic heterocycles. The Labute approximate surface area is 110 Å². The second kappa shape index (κ2) is 6.08. The van der Waals surface area contributed by atoms with Crippen LogP contribution in [0.3, 0.4) is 0 Å². The summed E-state index contributed by atoms with van der Waals surface area (Å²) in [6, 6.07) is 6.17. The first-order valence-electron chi connectivity index (χ1n) is 5.00. The molecule has 1 unspecified atom stereocenters. The van der Waals surface area contributed by atoms with Crippen LogP contribution in [0.2, 0.25) is 0 Å². The van der Waals surface area contributed by atoms with Gasteiger partial charge in [-0.1, -0.05) is 22.0 Å². The third-order valence-corrected chi connectivity index (χ3v) is 2.69. The molecule has 0 fully saturated rings. The highest BCUT2D eigenvalue weighted by atomic mass is 79.9. The molecule has 1 amide bonds. The van der Waals surface area contributed by atoms with Crippen LogP contribution in [0, 0.1) is 0 Å². The lowest BCUT2D eigenvalue weighted by molar-refractivity contribution is -0.132. The van der Waals surface area contributed by atoms with Crippen LogP contribution in [0.15, 0.2) is 24.3 Å². The molecule has 0 saturated carbocycles. The van der Waals surface area contributed by atoms with E-state index in [0.717, 1.165) is 0 Å². The molecule has 18 heavy (non-hydrogen) atoms. The van der Waals surface area contributed by atoms with Crippen LogP contribution in [0.1, 0.15) is 6.92 Å². The maximum atomic E-state index is 12.2. The SMILES string of the molecule is CC(=O)Nc1cccc(OCC(Br)C(F)(F)F)c1. The minimum atomic E-state index is -4.35. The fourth-order valence-corrected chi connectivity index (χ4v) is 1.26. The second-order valence-corrected chi connectivity index (χ2v) is 4.63. The first-order valence-corrected chi connectivity index (χ1v) is 5.92. The third kappa shape index (κ3) is 4.95. The predicted molar refractivity (Wildman–Crippen MR) is 65.0 cm³/mol. The van der Waals surface area contributed by atoms with Crippen LogP contribution in [-0.2, 0) is 4.79 Å². The molecule has 0 aliphatic carbocycles. The fourth-order valence-electron chi connectivity index (χ4n) is 1.13. The van der Waals surface area contributed by atoms with E-state index in [1.54, 1.807) is 12.1 Å². The second-order valence-electron chi connectivity index (χ2n) is 3.53. The van der Waals surface area contributed by atoms with Crippen molar-refractivity contribution < 1.29 is 22.7 Å². The lowest BCUT2D eigenvalue weighted by Crippen LogP contribution is -2.28. The highest BCUT2D eigenvalue weighted by molar-refractivity contribution is 9.09. The van der Waals surface area contributed by atoms with Gasteiger partial charge in [-0.25, -0.2) is 0 Å². The minimum Gasteiger partial charge on any atom is -0.492 e. The summed E-state index contributed by atoms with van der Waals surface area (Å²) in [6.45, 7) is 0.804. The zero-order valence-electron chi connectivity index (χ0n) is 9.42. The summed E-state index contributed by atoms with van der Waals surface area (Å²) >= 11 is 2.49. The van der Waals surface area contributed by atoms with Gasteiger partial charge in [0.25, 0.3) is 0 Å². The molecule has 3 nitrogen and oxygen atoms in total. The van der Waals surface area contributed by atoms with Gasteiger partial charge in [0.2, 0.25) is 5.91 Å². The number of hydrogen-bond donors (Lipinski definition) is 1. The lowest BCUT2D eigenvalue weighted by Gasteiger charge is -2.15. The molecule has 1 atom stereocenters. The number of anilines is 1. The van der Waals surface area contributed by atoms with Crippen molar-refractivity contribution in [2.45, 2.75) is 17.9 Å². The Kier molecular flexibility index (Phi) is 5.01. The first-order chi connectivity index (χ1) is 8.29. The van der Waals surface area contributed by atoms with Crippen LogP contribution in [0.5, 0.6) is 5.75 Å². The number of ether oxygens (including phenoxy) is 1. The summed E-state index contributed by atoms with van der Waals surface area (Å²) in [5, 5.41) is 2.51. The maximum absolute atomic E-state index is 12.2. The number of carbonyl (C=O) groups is 1. The van der Waals surface area contributed by atoms with Crippen LogP contribution in [0.25, 0.3) is 0 Å². The number of amides is 1. The molecule has 1 aromatic rings. The number of nitrogens with one attached hydrogen (secondary N) is 1. The number of halogens is 4. The molecule has 0 heterocycles. The van der Waals surface area contributed by atoms with Crippen LogP contribution in [0.4, 0.5) is 18.9 Å². The van der Waals surface area contributed by atoms with Crippen molar-refractivity contribution in [3.63, 3.8) is 0 Å². The summed E-state index contributed by atoms with van der Waals surface area (Å²) in [6.07, 6.45) is -4.35. The summed E-state index contributed by atoms with van der Waals surface area (Å²) < 4.78 is 41.7. The topological polar surface area (TPSA) is 38.3 Å². The predicted octanol–water partition coefficient (Wildman–Crippen LogP) is 3.35. The van der Waals surface area contributed by atoms with Crippen molar-refractivity contribution in [1.82, 2.24) is 0 Å². The van der Waals surface area contributed by atoms with Gasteiger partial charge in [0.1, 0.15) is 17.2 Å². The quantitative estimate of drug-likeness (QED) is 0.862. The van der Waals surface area contributed by atoms with Crippen LogP contribution in [-0.4, -0.2) is 23.5 Å². The normalized spacial score (nSPS) is 12.9. The maximum Gasteiger partial charge on any atom is 0.404 e. The van der Waals surface area contributed by atoms with Crippen molar-refractivity contribution in [2.24, 2.45) is 0 Å². The largest absolute Gasteiger partial charge is 0.492 e. The highest BCUT2D eigenvalue weighted by Crippen LogP contribution is 2.27. The molecular weight excluding hydrogens is 315 g/mol. The number of benzene rings is 1. The molecule has 1 N–H and O–H groups in total. The molecule has 0 spiro atoms. The Hall–Kier alpha value is -1.24. The summed E-state index contributed by atoms with van der Waals surface area (Å²) in [7, 11) is 0. The van der Waals surface area contributed by atoms with Gasteiger partial charge in [-0.3, -0.25) is 4.79 Å².